The monoisotopic (exact) mass is 298 g/mol. The molecular weight excluding hydrogens is 281 g/mol. The third-order valence-corrected chi connectivity index (χ3v) is 4.04. The number of rotatable bonds is 2. The van der Waals surface area contributed by atoms with Gasteiger partial charge in [0.05, 0.1) is 17.3 Å². The Balaban J connectivity index is 1.91. The summed E-state index contributed by atoms with van der Waals surface area (Å²) in [6.07, 6.45) is -2.85. The average Bonchev–Trinajstić information content (AvgIpc) is 2.99. The van der Waals surface area contributed by atoms with Crippen molar-refractivity contribution in [2.45, 2.75) is 38.8 Å². The highest BCUT2D eigenvalue weighted by Crippen LogP contribution is 2.37. The van der Waals surface area contributed by atoms with Crippen LogP contribution >= 0.6 is 0 Å². The van der Waals surface area contributed by atoms with Gasteiger partial charge >= 0.3 is 6.18 Å². The summed E-state index contributed by atoms with van der Waals surface area (Å²) in [5.41, 5.74) is 3.11. The highest BCUT2D eigenvalue weighted by atomic mass is 19.4. The first-order valence-electron chi connectivity index (χ1n) is 7.06. The summed E-state index contributed by atoms with van der Waals surface area (Å²) in [6.45, 7) is 2.01. The van der Waals surface area contributed by atoms with Crippen molar-refractivity contribution in [2.75, 3.05) is 0 Å². The molecule has 2 heterocycles. The number of nitrogens with one attached hydrogen (secondary N) is 1. The number of hydrogen-bond acceptors (Lipinski definition) is 2. The fourth-order valence-corrected chi connectivity index (χ4v) is 2.80. The van der Waals surface area contributed by atoms with Crippen LogP contribution in [0, 0.1) is 5.92 Å². The summed E-state index contributed by atoms with van der Waals surface area (Å²) in [5, 5.41) is 4.34. The molecule has 2 aromatic rings. The molecule has 1 aliphatic carbocycles. The van der Waals surface area contributed by atoms with E-state index in [9.17, 15) is 13.2 Å². The van der Waals surface area contributed by atoms with Gasteiger partial charge in [-0.2, -0.15) is 18.3 Å². The predicted molar refractivity (Wildman–Crippen MR) is 71.7 cm³/mol. The molecule has 1 atom stereocenters. The summed E-state index contributed by atoms with van der Waals surface area (Å²) in [4.78, 5) is 7.52. The van der Waals surface area contributed by atoms with Gasteiger partial charge in [0.15, 0.2) is 5.82 Å². The van der Waals surface area contributed by atoms with Gasteiger partial charge in [-0.1, -0.05) is 6.92 Å². The Morgan fingerprint density at radius 2 is 2.19 bits per heavy atom. The molecule has 0 saturated heterocycles. The Bertz CT molecular complexity index is 654. The molecule has 0 amide bonds. The lowest BCUT2D eigenvalue weighted by Crippen LogP contribution is -2.28. The zero-order chi connectivity index (χ0) is 15.2. The minimum Gasteiger partial charge on any atom is -0.340 e. The van der Waals surface area contributed by atoms with E-state index in [1.807, 2.05) is 20.0 Å². The molecule has 1 N–H and O–H groups in total. The van der Waals surface area contributed by atoms with Gasteiger partial charge in [-0.25, -0.2) is 4.98 Å². The van der Waals surface area contributed by atoms with Crippen LogP contribution in [0.15, 0.2) is 6.07 Å². The van der Waals surface area contributed by atoms with Crippen LogP contribution in [0.2, 0.25) is 0 Å². The molecule has 0 spiro atoms. The second-order valence-electron chi connectivity index (χ2n) is 5.49. The van der Waals surface area contributed by atoms with Gasteiger partial charge in [-0.05, 0) is 25.3 Å². The van der Waals surface area contributed by atoms with Gasteiger partial charge in [0.1, 0.15) is 5.69 Å². The molecule has 2 aromatic heterocycles. The molecule has 1 aliphatic rings. The molecule has 0 aromatic carbocycles. The van der Waals surface area contributed by atoms with Crippen LogP contribution in [0.25, 0.3) is 11.5 Å². The van der Waals surface area contributed by atoms with Crippen LogP contribution < -0.4 is 0 Å². The summed E-state index contributed by atoms with van der Waals surface area (Å²) in [6, 6.07) is 1.92. The number of aryl methyl sites for hydroxylation is 3. The fraction of sp³-hybridized carbons (Fsp3) is 0.571. The first-order valence-corrected chi connectivity index (χ1v) is 7.06. The number of hydrogen-bond donors (Lipinski definition) is 1. The van der Waals surface area contributed by atoms with Crippen LogP contribution in [0.4, 0.5) is 13.2 Å². The Kier molecular flexibility index (Phi) is 3.30. The van der Waals surface area contributed by atoms with Crippen LogP contribution in [0.3, 0.4) is 0 Å². The first-order chi connectivity index (χ1) is 9.88. The zero-order valence-electron chi connectivity index (χ0n) is 12.0. The molecule has 3 rings (SSSR count). The SMILES string of the molecule is CCc1cc(-c2nc3c([nH]2)CC(C(F)(F)F)CC3)n(C)n1. The van der Waals surface area contributed by atoms with E-state index in [1.54, 1.807) is 4.68 Å². The normalized spacial score (nSPS) is 18.8. The number of imidazole rings is 1. The molecule has 0 bridgehead atoms. The van der Waals surface area contributed by atoms with Crippen molar-refractivity contribution in [1.82, 2.24) is 19.7 Å². The average molecular weight is 298 g/mol. The Labute approximate surface area is 120 Å². The highest BCUT2D eigenvalue weighted by molar-refractivity contribution is 5.52. The predicted octanol–water partition coefficient (Wildman–Crippen LogP) is 3.04. The molecule has 0 fully saturated rings. The first kappa shape index (κ1) is 14.2. The van der Waals surface area contributed by atoms with Gasteiger partial charge in [-0.15, -0.1) is 0 Å². The molecule has 0 radical (unpaired) electrons. The maximum absolute atomic E-state index is 12.8. The molecule has 0 saturated carbocycles. The van der Waals surface area contributed by atoms with Crippen LogP contribution in [-0.2, 0) is 26.3 Å². The molecule has 114 valence electrons. The second kappa shape index (κ2) is 4.89. The van der Waals surface area contributed by atoms with E-state index in [-0.39, 0.29) is 12.8 Å². The van der Waals surface area contributed by atoms with Gasteiger partial charge in [0.25, 0.3) is 0 Å². The number of aromatic nitrogens is 4. The fourth-order valence-electron chi connectivity index (χ4n) is 2.80. The minimum absolute atomic E-state index is 0.00960. The van der Waals surface area contributed by atoms with Crippen LogP contribution in [0.5, 0.6) is 0 Å². The van der Waals surface area contributed by atoms with Crippen molar-refractivity contribution in [3.63, 3.8) is 0 Å². The van der Waals surface area contributed by atoms with Crippen molar-refractivity contribution >= 4 is 0 Å². The van der Waals surface area contributed by atoms with Crippen molar-refractivity contribution in [1.29, 1.82) is 0 Å². The summed E-state index contributed by atoms with van der Waals surface area (Å²) < 4.78 is 40.2. The summed E-state index contributed by atoms with van der Waals surface area (Å²) >= 11 is 0. The quantitative estimate of drug-likeness (QED) is 0.926. The molecule has 1 unspecified atom stereocenters. The number of nitrogens with zero attached hydrogens (tertiary/aromatic N) is 3. The minimum atomic E-state index is -4.13. The largest absolute Gasteiger partial charge is 0.392 e. The lowest BCUT2D eigenvalue weighted by molar-refractivity contribution is -0.177. The lowest BCUT2D eigenvalue weighted by atomic mass is 9.89. The summed E-state index contributed by atoms with van der Waals surface area (Å²) in [5.74, 6) is -0.659. The van der Waals surface area contributed by atoms with Gasteiger partial charge in [0.2, 0.25) is 0 Å². The van der Waals surface area contributed by atoms with E-state index < -0.39 is 12.1 Å². The summed E-state index contributed by atoms with van der Waals surface area (Å²) in [7, 11) is 1.81. The third kappa shape index (κ3) is 2.56. The van der Waals surface area contributed by atoms with Gasteiger partial charge in [0, 0.05) is 19.2 Å². The lowest BCUT2D eigenvalue weighted by Gasteiger charge is -2.23. The van der Waals surface area contributed by atoms with Crippen LogP contribution in [0.1, 0.15) is 30.4 Å². The maximum Gasteiger partial charge on any atom is 0.392 e. The smallest absolute Gasteiger partial charge is 0.340 e. The second-order valence-corrected chi connectivity index (χ2v) is 5.49. The molecule has 21 heavy (non-hydrogen) atoms. The number of fused-ring (bicyclic) bond motifs is 1. The molecule has 4 nitrogen and oxygen atoms in total. The van der Waals surface area contributed by atoms with Crippen molar-refractivity contribution in [3.05, 3.63) is 23.1 Å². The van der Waals surface area contributed by atoms with Crippen molar-refractivity contribution in [2.24, 2.45) is 13.0 Å². The van der Waals surface area contributed by atoms with E-state index >= 15 is 0 Å². The molecular formula is C14H17F3N4. The third-order valence-electron chi connectivity index (χ3n) is 4.04. The highest BCUT2D eigenvalue weighted by Gasteiger charge is 2.42. The zero-order valence-corrected chi connectivity index (χ0v) is 12.0. The maximum atomic E-state index is 12.8. The number of H-pyrrole nitrogens is 1. The van der Waals surface area contributed by atoms with Crippen molar-refractivity contribution in [3.8, 4) is 11.5 Å². The van der Waals surface area contributed by atoms with Crippen LogP contribution in [-0.4, -0.2) is 25.9 Å². The number of alkyl halides is 3. The van der Waals surface area contributed by atoms with Gasteiger partial charge < -0.3 is 4.98 Å². The van der Waals surface area contributed by atoms with E-state index in [1.165, 1.54) is 0 Å². The number of halogens is 3. The van der Waals surface area contributed by atoms with Crippen molar-refractivity contribution < 1.29 is 13.2 Å². The van der Waals surface area contributed by atoms with E-state index in [2.05, 4.69) is 15.1 Å². The Morgan fingerprint density at radius 1 is 1.43 bits per heavy atom. The molecule has 7 heteroatoms. The van der Waals surface area contributed by atoms with E-state index in [0.717, 1.165) is 23.5 Å². The van der Waals surface area contributed by atoms with Gasteiger partial charge in [-0.3, -0.25) is 4.68 Å². The molecule has 0 aliphatic heterocycles. The Morgan fingerprint density at radius 3 is 2.81 bits per heavy atom. The number of aromatic amines is 1. The standard InChI is InChI=1S/C14H17F3N4/c1-3-9-7-12(21(2)20-9)13-18-10-5-4-8(14(15,16)17)6-11(10)19-13/h7-8H,3-6H2,1-2H3,(H,18,19). The Hall–Kier alpha value is -1.79. The topological polar surface area (TPSA) is 46.5 Å². The van der Waals surface area contributed by atoms with E-state index in [4.69, 9.17) is 0 Å². The van der Waals surface area contributed by atoms with E-state index in [0.29, 0.717) is 17.9 Å².